The maximum Gasteiger partial charge on any atom is 0.276 e. The van der Waals surface area contributed by atoms with Crippen LogP contribution in [0.25, 0.3) is 22.6 Å². The molecule has 4 aromatic rings. The molecule has 0 radical (unpaired) electrons. The summed E-state index contributed by atoms with van der Waals surface area (Å²) in [5.41, 5.74) is 2.17. The molecule has 0 aliphatic carbocycles. The van der Waals surface area contributed by atoms with Crippen LogP contribution in [-0.4, -0.2) is 32.5 Å². The van der Waals surface area contributed by atoms with Crippen molar-refractivity contribution in [2.75, 3.05) is 6.54 Å². The Morgan fingerprint density at radius 2 is 2.07 bits per heavy atom. The number of rotatable bonds is 3. The summed E-state index contributed by atoms with van der Waals surface area (Å²) in [6, 6.07) is 13.0. The first-order chi connectivity index (χ1) is 13.3. The molecule has 27 heavy (non-hydrogen) atoms. The summed E-state index contributed by atoms with van der Waals surface area (Å²) in [7, 11) is 0. The van der Waals surface area contributed by atoms with Gasteiger partial charge in [0.2, 0.25) is 5.76 Å². The molecule has 4 heterocycles. The molecule has 1 saturated heterocycles. The largest absolute Gasteiger partial charge is 0.461 e. The third kappa shape index (κ3) is 2.81. The molecule has 1 aliphatic rings. The van der Waals surface area contributed by atoms with Gasteiger partial charge in [0.1, 0.15) is 5.82 Å². The summed E-state index contributed by atoms with van der Waals surface area (Å²) in [6.45, 7) is 0.670. The average Bonchev–Trinajstić information content (AvgIpc) is 3.47. The van der Waals surface area contributed by atoms with Gasteiger partial charge < -0.3 is 18.8 Å². The fourth-order valence-electron chi connectivity index (χ4n) is 3.65. The van der Waals surface area contributed by atoms with Gasteiger partial charge >= 0.3 is 0 Å². The smallest absolute Gasteiger partial charge is 0.276 e. The summed E-state index contributed by atoms with van der Waals surface area (Å²) in [4.78, 5) is 23.0. The molecule has 7 nitrogen and oxygen atoms in total. The first-order valence-electron chi connectivity index (χ1n) is 9.06. The summed E-state index contributed by atoms with van der Waals surface area (Å²) < 4.78 is 10.6. The number of fused-ring (bicyclic) bond motifs is 1. The number of aromatic nitrogens is 3. The molecule has 136 valence electrons. The second-order valence-electron chi connectivity index (χ2n) is 6.70. The topological polar surface area (TPSA) is 88.2 Å². The monoisotopic (exact) mass is 362 g/mol. The van der Waals surface area contributed by atoms with Gasteiger partial charge in [-0.05, 0) is 43.5 Å². The number of hydrogen-bond donors (Lipinski definition) is 1. The molecule has 1 N–H and O–H groups in total. The van der Waals surface area contributed by atoms with Gasteiger partial charge in [0.05, 0.1) is 23.3 Å². The quantitative estimate of drug-likeness (QED) is 0.591. The lowest BCUT2D eigenvalue weighted by molar-refractivity contribution is 0.0591. The Morgan fingerprint density at radius 3 is 2.93 bits per heavy atom. The summed E-state index contributed by atoms with van der Waals surface area (Å²) >= 11 is 0. The van der Waals surface area contributed by atoms with Crippen LogP contribution in [0.2, 0.25) is 0 Å². The molecular formula is C20H18N4O3. The first kappa shape index (κ1) is 15.9. The van der Waals surface area contributed by atoms with Crippen LogP contribution in [0.15, 0.2) is 57.7 Å². The van der Waals surface area contributed by atoms with E-state index in [1.54, 1.807) is 24.5 Å². The normalized spacial score (nSPS) is 17.5. The van der Waals surface area contributed by atoms with E-state index in [1.807, 2.05) is 29.2 Å². The van der Waals surface area contributed by atoms with E-state index >= 15 is 0 Å². The van der Waals surface area contributed by atoms with Crippen LogP contribution in [0.5, 0.6) is 0 Å². The Kier molecular flexibility index (Phi) is 3.78. The van der Waals surface area contributed by atoms with Crippen LogP contribution in [0.4, 0.5) is 0 Å². The molecule has 1 atom stereocenters. The van der Waals surface area contributed by atoms with Crippen molar-refractivity contribution in [1.82, 2.24) is 20.0 Å². The fraction of sp³-hybridized carbons (Fsp3) is 0.250. The third-order valence-electron chi connectivity index (χ3n) is 4.98. The van der Waals surface area contributed by atoms with E-state index in [4.69, 9.17) is 13.9 Å². The molecule has 1 fully saturated rings. The second-order valence-corrected chi connectivity index (χ2v) is 6.70. The highest BCUT2D eigenvalue weighted by atomic mass is 16.5. The predicted octanol–water partition coefficient (Wildman–Crippen LogP) is 4.18. The molecule has 1 aromatic carbocycles. The Morgan fingerprint density at radius 1 is 1.15 bits per heavy atom. The van der Waals surface area contributed by atoms with Crippen molar-refractivity contribution in [2.24, 2.45) is 0 Å². The number of para-hydroxylation sites is 2. The zero-order valence-corrected chi connectivity index (χ0v) is 14.6. The zero-order chi connectivity index (χ0) is 18.2. The lowest BCUT2D eigenvalue weighted by Gasteiger charge is -2.33. The summed E-state index contributed by atoms with van der Waals surface area (Å²) in [5, 5.41) is 3.96. The number of nitrogens with one attached hydrogen (secondary N) is 1. The second kappa shape index (κ2) is 6.42. The van der Waals surface area contributed by atoms with E-state index in [-0.39, 0.29) is 17.6 Å². The van der Waals surface area contributed by atoms with Crippen molar-refractivity contribution in [3.05, 3.63) is 60.2 Å². The van der Waals surface area contributed by atoms with E-state index < -0.39 is 0 Å². The van der Waals surface area contributed by atoms with Crippen molar-refractivity contribution in [3.8, 4) is 11.5 Å². The number of aromatic amines is 1. The highest BCUT2D eigenvalue weighted by Crippen LogP contribution is 2.32. The van der Waals surface area contributed by atoms with E-state index in [1.165, 1.54) is 0 Å². The number of likely N-dealkylation sites (tertiary alicyclic amines) is 1. The first-order valence-corrected chi connectivity index (χ1v) is 9.06. The number of amides is 1. The Balaban J connectivity index is 1.45. The number of nitrogens with zero attached hydrogens (tertiary/aromatic N) is 3. The Bertz CT molecular complexity index is 1050. The van der Waals surface area contributed by atoms with Crippen LogP contribution >= 0.6 is 0 Å². The van der Waals surface area contributed by atoms with Gasteiger partial charge in [-0.25, -0.2) is 4.98 Å². The molecule has 1 amide bonds. The molecule has 5 rings (SSSR count). The van der Waals surface area contributed by atoms with Crippen LogP contribution in [0, 0.1) is 0 Å². The molecule has 1 unspecified atom stereocenters. The number of carbonyl (C=O) groups excluding carboxylic acids is 1. The van der Waals surface area contributed by atoms with Gasteiger partial charge in [-0.3, -0.25) is 4.79 Å². The molecule has 0 spiro atoms. The number of furan rings is 1. The van der Waals surface area contributed by atoms with Gasteiger partial charge in [0.25, 0.3) is 5.91 Å². The van der Waals surface area contributed by atoms with Crippen molar-refractivity contribution < 1.29 is 13.7 Å². The van der Waals surface area contributed by atoms with Crippen molar-refractivity contribution >= 4 is 16.9 Å². The Labute approximate surface area is 155 Å². The number of carbonyl (C=O) groups is 1. The van der Waals surface area contributed by atoms with Crippen LogP contribution in [0.1, 0.15) is 41.6 Å². The predicted molar refractivity (Wildman–Crippen MR) is 97.9 cm³/mol. The maximum atomic E-state index is 13.1. The van der Waals surface area contributed by atoms with Crippen LogP contribution in [-0.2, 0) is 0 Å². The lowest BCUT2D eigenvalue weighted by Crippen LogP contribution is -2.39. The number of piperidine rings is 1. The molecular weight excluding hydrogens is 344 g/mol. The van der Waals surface area contributed by atoms with Crippen molar-refractivity contribution in [2.45, 2.75) is 25.3 Å². The SMILES string of the molecule is O=C(c1cc(-c2ccco2)on1)N1CCCCC1c1nc2ccccc2[nH]1. The highest BCUT2D eigenvalue weighted by molar-refractivity contribution is 5.93. The zero-order valence-electron chi connectivity index (χ0n) is 14.6. The van der Waals surface area contributed by atoms with Gasteiger partial charge in [-0.1, -0.05) is 17.3 Å². The molecule has 0 saturated carbocycles. The molecule has 7 heteroatoms. The van der Waals surface area contributed by atoms with Crippen molar-refractivity contribution in [3.63, 3.8) is 0 Å². The van der Waals surface area contributed by atoms with Gasteiger partial charge in [-0.2, -0.15) is 0 Å². The number of benzene rings is 1. The minimum absolute atomic E-state index is 0.0950. The molecule has 3 aromatic heterocycles. The van der Waals surface area contributed by atoms with Gasteiger partial charge in [-0.15, -0.1) is 0 Å². The van der Waals surface area contributed by atoms with Crippen molar-refractivity contribution in [1.29, 1.82) is 0 Å². The van der Waals surface area contributed by atoms with Gasteiger partial charge in [0.15, 0.2) is 11.5 Å². The number of hydrogen-bond acceptors (Lipinski definition) is 5. The van der Waals surface area contributed by atoms with Crippen LogP contribution in [0.3, 0.4) is 0 Å². The average molecular weight is 362 g/mol. The highest BCUT2D eigenvalue weighted by Gasteiger charge is 2.32. The van der Waals surface area contributed by atoms with Crippen LogP contribution < -0.4 is 0 Å². The van der Waals surface area contributed by atoms with E-state index in [0.717, 1.165) is 36.1 Å². The van der Waals surface area contributed by atoms with E-state index in [9.17, 15) is 4.79 Å². The van der Waals surface area contributed by atoms with E-state index in [0.29, 0.717) is 18.1 Å². The Hall–Kier alpha value is -3.35. The molecule has 1 aliphatic heterocycles. The lowest BCUT2D eigenvalue weighted by atomic mass is 10.0. The molecule has 0 bridgehead atoms. The third-order valence-corrected chi connectivity index (χ3v) is 4.98. The summed E-state index contributed by atoms with van der Waals surface area (Å²) in [6.07, 6.45) is 4.45. The standard InChI is InChI=1S/C20H18N4O3/c25-20(15-12-18(27-23-15)17-9-5-11-26-17)24-10-4-3-8-16(24)19-21-13-6-1-2-7-14(13)22-19/h1-2,5-7,9,11-12,16H,3-4,8,10H2,(H,21,22). The van der Waals surface area contributed by atoms with Gasteiger partial charge in [0, 0.05) is 12.6 Å². The minimum Gasteiger partial charge on any atom is -0.461 e. The number of imidazole rings is 1. The summed E-state index contributed by atoms with van der Waals surface area (Å²) in [5.74, 6) is 1.66. The van der Waals surface area contributed by atoms with E-state index in [2.05, 4.69) is 10.1 Å². The maximum absolute atomic E-state index is 13.1. The minimum atomic E-state index is -0.151. The fourth-order valence-corrected chi connectivity index (χ4v) is 3.65. The number of H-pyrrole nitrogens is 1.